The molecule has 0 atom stereocenters. The van der Waals surface area contributed by atoms with Crippen LogP contribution in [-0.2, 0) is 0 Å². The third-order valence-electron chi connectivity index (χ3n) is 2.22. The van der Waals surface area contributed by atoms with Crippen molar-refractivity contribution in [3.8, 4) is 5.75 Å². The number of carbonyl (C=O) groups is 1. The van der Waals surface area contributed by atoms with E-state index in [4.69, 9.17) is 4.74 Å². The van der Waals surface area contributed by atoms with E-state index in [9.17, 15) is 4.79 Å². The maximum absolute atomic E-state index is 11.9. The average Bonchev–Trinajstić information content (AvgIpc) is 2.20. The van der Waals surface area contributed by atoms with Crippen molar-refractivity contribution in [2.75, 3.05) is 6.61 Å². The van der Waals surface area contributed by atoms with Crippen molar-refractivity contribution in [2.24, 2.45) is 5.92 Å². The number of hydrogen-bond acceptors (Lipinski definition) is 2. The summed E-state index contributed by atoms with van der Waals surface area (Å²) in [6.45, 7) is 8.29. The Morgan fingerprint density at radius 3 is 2.60 bits per heavy atom. The van der Waals surface area contributed by atoms with Crippen LogP contribution in [-0.4, -0.2) is 12.4 Å². The largest absolute Gasteiger partial charge is 0.493 e. The minimum Gasteiger partial charge on any atom is -0.493 e. The molecule has 0 unspecified atom stereocenters. The highest BCUT2D eigenvalue weighted by Gasteiger charge is 2.15. The fraction of sp³-hybridized carbons (Fsp3) is 0.462. The number of carbonyl (C=O) groups excluding carboxylic acids is 1. The minimum atomic E-state index is 0.00556. The summed E-state index contributed by atoms with van der Waals surface area (Å²) >= 11 is 0. The second-order valence-electron chi connectivity index (χ2n) is 3.95. The number of rotatable bonds is 4. The zero-order valence-corrected chi connectivity index (χ0v) is 9.83. The molecule has 0 saturated carbocycles. The van der Waals surface area contributed by atoms with Crippen LogP contribution in [0.4, 0.5) is 0 Å². The Balaban J connectivity index is 3.12. The van der Waals surface area contributed by atoms with Gasteiger partial charge in [-0.15, -0.1) is 0 Å². The van der Waals surface area contributed by atoms with Gasteiger partial charge in [-0.2, -0.15) is 0 Å². The van der Waals surface area contributed by atoms with Gasteiger partial charge in [-0.05, 0) is 26.0 Å². The summed E-state index contributed by atoms with van der Waals surface area (Å²) in [5.74, 6) is 0.843. The third kappa shape index (κ3) is 2.82. The van der Waals surface area contributed by atoms with Crippen LogP contribution in [0, 0.1) is 12.8 Å². The molecule has 0 aromatic heterocycles. The molecule has 0 heterocycles. The lowest BCUT2D eigenvalue weighted by molar-refractivity contribution is 0.0935. The van der Waals surface area contributed by atoms with Gasteiger partial charge >= 0.3 is 0 Å². The third-order valence-corrected chi connectivity index (χ3v) is 2.22. The molecule has 2 heteroatoms. The van der Waals surface area contributed by atoms with Crippen molar-refractivity contribution in [1.29, 1.82) is 0 Å². The topological polar surface area (TPSA) is 26.3 Å². The molecule has 0 aliphatic carbocycles. The Labute approximate surface area is 91.3 Å². The quantitative estimate of drug-likeness (QED) is 0.707. The van der Waals surface area contributed by atoms with Crippen molar-refractivity contribution in [3.05, 3.63) is 29.3 Å². The summed E-state index contributed by atoms with van der Waals surface area (Å²) in [6.07, 6.45) is 0. The molecule has 0 amide bonds. The highest BCUT2D eigenvalue weighted by atomic mass is 16.5. The van der Waals surface area contributed by atoms with E-state index in [0.29, 0.717) is 17.9 Å². The molecular weight excluding hydrogens is 188 g/mol. The molecule has 1 rings (SSSR count). The van der Waals surface area contributed by atoms with Crippen molar-refractivity contribution in [3.63, 3.8) is 0 Å². The van der Waals surface area contributed by atoms with Gasteiger partial charge in [0.2, 0.25) is 0 Å². The van der Waals surface area contributed by atoms with Crippen LogP contribution in [0.15, 0.2) is 18.2 Å². The molecule has 15 heavy (non-hydrogen) atoms. The number of benzene rings is 1. The Hall–Kier alpha value is -1.31. The van der Waals surface area contributed by atoms with E-state index in [0.717, 1.165) is 5.56 Å². The lowest BCUT2D eigenvalue weighted by Crippen LogP contribution is -2.10. The van der Waals surface area contributed by atoms with E-state index < -0.39 is 0 Å². The fourth-order valence-electron chi connectivity index (χ4n) is 1.43. The Kier molecular flexibility index (Phi) is 3.89. The Bertz CT molecular complexity index is 354. The minimum absolute atomic E-state index is 0.00556. The van der Waals surface area contributed by atoms with Gasteiger partial charge in [0.15, 0.2) is 5.78 Å². The molecule has 0 bridgehead atoms. The Morgan fingerprint density at radius 2 is 2.07 bits per heavy atom. The standard InChI is InChI=1S/C13H18O2/c1-5-15-12-7-6-10(4)8-11(12)13(14)9(2)3/h6-9H,5H2,1-4H3. The second kappa shape index (κ2) is 4.96. The van der Waals surface area contributed by atoms with E-state index >= 15 is 0 Å². The molecule has 2 nitrogen and oxygen atoms in total. The van der Waals surface area contributed by atoms with Crippen LogP contribution in [0.3, 0.4) is 0 Å². The zero-order valence-electron chi connectivity index (χ0n) is 9.83. The first kappa shape index (κ1) is 11.8. The van der Waals surface area contributed by atoms with Crippen molar-refractivity contribution in [1.82, 2.24) is 0 Å². The van der Waals surface area contributed by atoms with Gasteiger partial charge in [-0.25, -0.2) is 0 Å². The predicted molar refractivity (Wildman–Crippen MR) is 61.5 cm³/mol. The van der Waals surface area contributed by atoms with Gasteiger partial charge in [0.25, 0.3) is 0 Å². The van der Waals surface area contributed by atoms with Crippen LogP contribution < -0.4 is 4.74 Å². The number of ether oxygens (including phenoxy) is 1. The molecular formula is C13H18O2. The maximum atomic E-state index is 11.9. The van der Waals surface area contributed by atoms with E-state index in [1.165, 1.54) is 0 Å². The van der Waals surface area contributed by atoms with Crippen LogP contribution in [0.5, 0.6) is 5.75 Å². The number of aryl methyl sites for hydroxylation is 1. The normalized spacial score (nSPS) is 10.5. The number of ketones is 1. The van der Waals surface area contributed by atoms with Crippen molar-refractivity contribution >= 4 is 5.78 Å². The van der Waals surface area contributed by atoms with Gasteiger partial charge in [-0.3, -0.25) is 4.79 Å². The molecule has 0 N–H and O–H groups in total. The first-order valence-corrected chi connectivity index (χ1v) is 5.34. The van der Waals surface area contributed by atoms with Crippen LogP contribution in [0.2, 0.25) is 0 Å². The summed E-state index contributed by atoms with van der Waals surface area (Å²) < 4.78 is 5.44. The first-order chi connectivity index (χ1) is 7.06. The summed E-state index contributed by atoms with van der Waals surface area (Å²) in [5.41, 5.74) is 1.79. The molecule has 0 saturated heterocycles. The maximum Gasteiger partial charge on any atom is 0.169 e. The van der Waals surface area contributed by atoms with E-state index in [-0.39, 0.29) is 11.7 Å². The molecule has 0 radical (unpaired) electrons. The molecule has 82 valence electrons. The lowest BCUT2D eigenvalue weighted by Gasteiger charge is -2.11. The van der Waals surface area contributed by atoms with Crippen LogP contribution in [0.25, 0.3) is 0 Å². The molecule has 1 aromatic carbocycles. The van der Waals surface area contributed by atoms with E-state index in [1.807, 2.05) is 45.9 Å². The monoisotopic (exact) mass is 206 g/mol. The highest BCUT2D eigenvalue weighted by Crippen LogP contribution is 2.23. The second-order valence-corrected chi connectivity index (χ2v) is 3.95. The number of hydrogen-bond donors (Lipinski definition) is 0. The highest BCUT2D eigenvalue weighted by molar-refractivity contribution is 6.00. The number of Topliss-reactive ketones (excluding diaryl/α,β-unsaturated/α-hetero) is 1. The van der Waals surface area contributed by atoms with Gasteiger partial charge in [-0.1, -0.05) is 25.5 Å². The van der Waals surface area contributed by atoms with Gasteiger partial charge in [0.1, 0.15) is 5.75 Å². The molecule has 0 fully saturated rings. The lowest BCUT2D eigenvalue weighted by atomic mass is 9.99. The Morgan fingerprint density at radius 1 is 1.40 bits per heavy atom. The predicted octanol–water partition coefficient (Wildman–Crippen LogP) is 3.23. The zero-order chi connectivity index (χ0) is 11.4. The van der Waals surface area contributed by atoms with Crippen LogP contribution >= 0.6 is 0 Å². The van der Waals surface area contributed by atoms with Crippen molar-refractivity contribution in [2.45, 2.75) is 27.7 Å². The average molecular weight is 206 g/mol. The van der Waals surface area contributed by atoms with Gasteiger partial charge in [0, 0.05) is 5.92 Å². The smallest absolute Gasteiger partial charge is 0.169 e. The summed E-state index contributed by atoms with van der Waals surface area (Å²) in [6, 6.07) is 5.73. The van der Waals surface area contributed by atoms with E-state index in [2.05, 4.69) is 0 Å². The molecule has 0 aliphatic rings. The van der Waals surface area contributed by atoms with Gasteiger partial charge in [0.05, 0.1) is 12.2 Å². The fourth-order valence-corrected chi connectivity index (χ4v) is 1.43. The van der Waals surface area contributed by atoms with Crippen molar-refractivity contribution < 1.29 is 9.53 Å². The summed E-state index contributed by atoms with van der Waals surface area (Å²) in [7, 11) is 0. The molecule has 0 spiro atoms. The van der Waals surface area contributed by atoms with Gasteiger partial charge < -0.3 is 4.74 Å². The summed E-state index contributed by atoms with van der Waals surface area (Å²) in [5, 5.41) is 0. The molecule has 1 aromatic rings. The SMILES string of the molecule is CCOc1ccc(C)cc1C(=O)C(C)C. The molecule has 0 aliphatic heterocycles. The first-order valence-electron chi connectivity index (χ1n) is 5.34. The van der Waals surface area contributed by atoms with E-state index in [1.54, 1.807) is 0 Å². The van der Waals surface area contributed by atoms with Crippen LogP contribution in [0.1, 0.15) is 36.7 Å². The summed E-state index contributed by atoms with van der Waals surface area (Å²) in [4.78, 5) is 11.9.